The molecule has 0 fully saturated rings. The molecule has 0 aliphatic carbocycles. The highest BCUT2D eigenvalue weighted by Gasteiger charge is 2.38. The first kappa shape index (κ1) is 23.8. The second-order valence-electron chi connectivity index (χ2n) is 7.70. The Morgan fingerprint density at radius 1 is 0.900 bits per heavy atom. The first-order chi connectivity index (χ1) is 13.6. The first-order valence-corrected chi connectivity index (χ1v) is 9.32. The lowest BCUT2D eigenvalue weighted by atomic mass is 9.78. The molecule has 3 N–H and O–H groups in total. The quantitative estimate of drug-likeness (QED) is 0.569. The van der Waals surface area contributed by atoms with Gasteiger partial charge in [-0.2, -0.15) is 31.3 Å². The Morgan fingerprint density at radius 2 is 1.40 bits per heavy atom. The minimum atomic E-state index is -4.88. The van der Waals surface area contributed by atoms with Crippen LogP contribution in [-0.4, -0.2) is 16.5 Å². The highest BCUT2D eigenvalue weighted by molar-refractivity contribution is 5.49. The van der Waals surface area contributed by atoms with E-state index < -0.39 is 28.9 Å². The number of benzene rings is 1. The molecule has 0 aliphatic heterocycles. The fourth-order valence-electron chi connectivity index (χ4n) is 3.16. The summed E-state index contributed by atoms with van der Waals surface area (Å²) in [6, 6.07) is 1.71. The number of aryl methyl sites for hydroxylation is 1. The van der Waals surface area contributed by atoms with Crippen LogP contribution >= 0.6 is 0 Å². The third-order valence-electron chi connectivity index (χ3n) is 4.94. The smallest absolute Gasteiger partial charge is 0.370 e. The minimum absolute atomic E-state index is 0.0383. The van der Waals surface area contributed by atoms with Gasteiger partial charge in [-0.3, -0.25) is 0 Å². The second kappa shape index (κ2) is 8.31. The molecule has 0 aliphatic rings. The van der Waals surface area contributed by atoms with E-state index >= 15 is 0 Å². The molecule has 0 atom stereocenters. The Bertz CT molecular complexity index is 871. The van der Waals surface area contributed by atoms with E-state index in [4.69, 9.17) is 5.73 Å². The maximum absolute atomic E-state index is 13.2. The number of anilines is 2. The molecule has 0 bridgehead atoms. The number of nitrogens with zero attached hydrogens (tertiary/aromatic N) is 2. The molecular weight excluding hydrogens is 410 g/mol. The van der Waals surface area contributed by atoms with Crippen molar-refractivity contribution in [3.05, 3.63) is 46.1 Å². The van der Waals surface area contributed by atoms with Crippen LogP contribution in [0.4, 0.5) is 38.1 Å². The molecule has 30 heavy (non-hydrogen) atoms. The van der Waals surface area contributed by atoms with Crippen LogP contribution in [0.3, 0.4) is 0 Å². The van der Waals surface area contributed by atoms with Crippen molar-refractivity contribution in [2.24, 2.45) is 0 Å². The molecule has 1 aromatic heterocycles. The van der Waals surface area contributed by atoms with Crippen LogP contribution in [-0.2, 0) is 24.2 Å². The number of aromatic nitrogens is 2. The molecule has 0 saturated carbocycles. The lowest BCUT2D eigenvalue weighted by Gasteiger charge is -2.28. The van der Waals surface area contributed by atoms with Gasteiger partial charge in [0.15, 0.2) is 0 Å². The van der Waals surface area contributed by atoms with Gasteiger partial charge in [0, 0.05) is 17.8 Å². The maximum atomic E-state index is 13.2. The number of hydrogen-bond donors (Lipinski definition) is 2. The molecule has 0 amide bonds. The van der Waals surface area contributed by atoms with E-state index in [1.165, 1.54) is 0 Å². The van der Waals surface area contributed by atoms with Crippen LogP contribution < -0.4 is 11.1 Å². The summed E-state index contributed by atoms with van der Waals surface area (Å²) in [5.41, 5.74) is 3.35. The third kappa shape index (κ3) is 5.54. The highest BCUT2D eigenvalue weighted by Crippen LogP contribution is 2.40. The monoisotopic (exact) mass is 434 g/mol. The predicted octanol–water partition coefficient (Wildman–Crippen LogP) is 5.75. The van der Waals surface area contributed by atoms with Crippen molar-refractivity contribution in [1.29, 1.82) is 0 Å². The van der Waals surface area contributed by atoms with Gasteiger partial charge >= 0.3 is 12.4 Å². The fourth-order valence-corrected chi connectivity index (χ4v) is 3.16. The first-order valence-electron chi connectivity index (χ1n) is 9.32. The van der Waals surface area contributed by atoms with Crippen LogP contribution in [0, 0.1) is 6.92 Å². The molecule has 2 rings (SSSR count). The van der Waals surface area contributed by atoms with Crippen LogP contribution in [0.5, 0.6) is 0 Å². The Kier molecular flexibility index (Phi) is 6.58. The largest absolute Gasteiger partial charge is 0.416 e. The van der Waals surface area contributed by atoms with Gasteiger partial charge in [0.25, 0.3) is 0 Å². The summed E-state index contributed by atoms with van der Waals surface area (Å²) in [6.07, 6.45) is -9.14. The molecule has 1 heterocycles. The van der Waals surface area contributed by atoms with Crippen molar-refractivity contribution in [3.63, 3.8) is 0 Å². The van der Waals surface area contributed by atoms with Crippen LogP contribution in [0.2, 0.25) is 0 Å². The van der Waals surface area contributed by atoms with Gasteiger partial charge < -0.3 is 11.1 Å². The molecule has 2 aromatic rings. The molecule has 0 spiro atoms. The standard InChI is InChI=1S/C20H24F6N4/c1-5-28-16-15(11(2)29-17(27)30-16)6-7-18(3,4)12-8-13(19(21,22)23)10-14(9-12)20(24,25)26/h8-10H,5-7H2,1-4H3,(H3,27,28,29,30). The van der Waals surface area contributed by atoms with Crippen molar-refractivity contribution in [2.45, 2.75) is 58.3 Å². The van der Waals surface area contributed by atoms with Gasteiger partial charge in [-0.15, -0.1) is 0 Å². The number of halogens is 6. The van der Waals surface area contributed by atoms with Gasteiger partial charge in [-0.25, -0.2) is 4.98 Å². The summed E-state index contributed by atoms with van der Waals surface area (Å²) in [5, 5.41) is 3.06. The number of nitrogens with one attached hydrogen (secondary N) is 1. The summed E-state index contributed by atoms with van der Waals surface area (Å²) in [4.78, 5) is 8.26. The highest BCUT2D eigenvalue weighted by atomic mass is 19.4. The fraction of sp³-hybridized carbons (Fsp3) is 0.500. The van der Waals surface area contributed by atoms with Gasteiger partial charge in [0.1, 0.15) is 5.82 Å². The molecule has 0 radical (unpaired) electrons. The van der Waals surface area contributed by atoms with E-state index in [1.807, 2.05) is 6.92 Å². The molecule has 0 unspecified atom stereocenters. The SMILES string of the molecule is CCNc1nc(N)nc(C)c1CCC(C)(C)c1cc(C(F)(F)F)cc(C(F)(F)F)c1. The number of rotatable bonds is 6. The van der Waals surface area contributed by atoms with Crippen molar-refractivity contribution in [1.82, 2.24) is 9.97 Å². The van der Waals surface area contributed by atoms with Gasteiger partial charge in [-0.05, 0) is 55.9 Å². The average molecular weight is 434 g/mol. The number of nitrogen functional groups attached to an aromatic ring is 1. The van der Waals surface area contributed by atoms with Crippen molar-refractivity contribution < 1.29 is 26.3 Å². The summed E-state index contributed by atoms with van der Waals surface area (Å²) >= 11 is 0. The Labute approximate surface area is 170 Å². The zero-order chi connectivity index (χ0) is 22.9. The molecule has 0 saturated heterocycles. The van der Waals surface area contributed by atoms with Crippen molar-refractivity contribution in [3.8, 4) is 0 Å². The van der Waals surface area contributed by atoms with Gasteiger partial charge in [-0.1, -0.05) is 13.8 Å². The molecule has 10 heteroatoms. The summed E-state index contributed by atoms with van der Waals surface area (Å²) in [7, 11) is 0. The number of nitrogens with two attached hydrogens (primary N) is 1. The Hall–Kier alpha value is -2.52. The second-order valence-corrected chi connectivity index (χ2v) is 7.70. The van der Waals surface area contributed by atoms with Crippen LogP contribution in [0.25, 0.3) is 0 Å². The van der Waals surface area contributed by atoms with Crippen LogP contribution in [0.15, 0.2) is 18.2 Å². The normalized spacial score (nSPS) is 12.9. The maximum Gasteiger partial charge on any atom is 0.416 e. The molecule has 166 valence electrons. The zero-order valence-electron chi connectivity index (χ0n) is 17.1. The van der Waals surface area contributed by atoms with E-state index in [2.05, 4.69) is 15.3 Å². The number of hydrogen-bond acceptors (Lipinski definition) is 4. The topological polar surface area (TPSA) is 63.8 Å². The third-order valence-corrected chi connectivity index (χ3v) is 4.94. The summed E-state index contributed by atoms with van der Waals surface area (Å²) in [5.74, 6) is 0.595. The van der Waals surface area contributed by atoms with E-state index in [1.54, 1.807) is 20.8 Å². The predicted molar refractivity (Wildman–Crippen MR) is 103 cm³/mol. The lowest BCUT2D eigenvalue weighted by molar-refractivity contribution is -0.143. The Balaban J connectivity index is 2.43. The summed E-state index contributed by atoms with van der Waals surface area (Å²) in [6.45, 7) is 7.39. The molecule has 1 aromatic carbocycles. The zero-order valence-corrected chi connectivity index (χ0v) is 17.1. The average Bonchev–Trinajstić information content (AvgIpc) is 2.59. The van der Waals surface area contributed by atoms with E-state index in [0.29, 0.717) is 24.5 Å². The van der Waals surface area contributed by atoms with Gasteiger partial charge in [0.2, 0.25) is 5.95 Å². The van der Waals surface area contributed by atoms with E-state index in [9.17, 15) is 26.3 Å². The van der Waals surface area contributed by atoms with Crippen LogP contribution in [0.1, 0.15) is 55.1 Å². The summed E-state index contributed by atoms with van der Waals surface area (Å²) < 4.78 is 79.2. The molecular formula is C20H24F6N4. The lowest BCUT2D eigenvalue weighted by Crippen LogP contribution is -2.22. The molecule has 4 nitrogen and oxygen atoms in total. The van der Waals surface area contributed by atoms with Gasteiger partial charge in [0.05, 0.1) is 11.1 Å². The van der Waals surface area contributed by atoms with E-state index in [0.717, 1.165) is 17.7 Å². The van der Waals surface area contributed by atoms with Crippen molar-refractivity contribution in [2.75, 3.05) is 17.6 Å². The minimum Gasteiger partial charge on any atom is -0.370 e. The van der Waals surface area contributed by atoms with E-state index in [-0.39, 0.29) is 24.0 Å². The number of alkyl halides is 6. The Morgan fingerprint density at radius 3 is 1.87 bits per heavy atom. The van der Waals surface area contributed by atoms with Crippen molar-refractivity contribution >= 4 is 11.8 Å².